The van der Waals surface area contributed by atoms with Gasteiger partial charge in [-0.25, -0.2) is 4.79 Å². The first-order valence-corrected chi connectivity index (χ1v) is 8.77. The van der Waals surface area contributed by atoms with Crippen molar-refractivity contribution in [3.8, 4) is 5.75 Å². The summed E-state index contributed by atoms with van der Waals surface area (Å²) in [5, 5.41) is 17.3. The van der Waals surface area contributed by atoms with Gasteiger partial charge in [0.25, 0.3) is 0 Å². The standard InChI is InChI=1S/C20H20ClN3O5/c1-28-6-7-29-18-10-16(23)13(8-14(18)21)19(24)17(25)9-15(22)11-2-4-12(5-3-11)20(26)27/h2-5,8-10,24H,6-7,22-23H2,1H3,(H,26,27). The molecule has 6 N–H and O–H groups in total. The molecule has 0 aromatic heterocycles. The van der Waals surface area contributed by atoms with Crippen LogP contribution < -0.4 is 16.2 Å². The van der Waals surface area contributed by atoms with Gasteiger partial charge in [0.05, 0.1) is 17.2 Å². The lowest BCUT2D eigenvalue weighted by Gasteiger charge is -2.12. The minimum atomic E-state index is -1.07. The summed E-state index contributed by atoms with van der Waals surface area (Å²) in [4.78, 5) is 23.3. The Kier molecular flexibility index (Phi) is 7.35. The number of carboxylic acid groups (broad SMARTS) is 1. The quantitative estimate of drug-likeness (QED) is 0.212. The molecule has 0 aliphatic rings. The number of carbonyl (C=O) groups is 2. The van der Waals surface area contributed by atoms with Crippen LogP contribution in [-0.2, 0) is 9.53 Å². The van der Waals surface area contributed by atoms with E-state index in [0.29, 0.717) is 17.9 Å². The summed E-state index contributed by atoms with van der Waals surface area (Å²) in [6, 6.07) is 8.51. The minimum absolute atomic E-state index is 0.0841. The Bertz CT molecular complexity index is 971. The first-order chi connectivity index (χ1) is 13.7. The predicted molar refractivity (Wildman–Crippen MR) is 111 cm³/mol. The van der Waals surface area contributed by atoms with Gasteiger partial charge in [-0.1, -0.05) is 23.7 Å². The third-order valence-corrected chi connectivity index (χ3v) is 4.21. The Hall–Kier alpha value is -3.36. The number of rotatable bonds is 9. The lowest BCUT2D eigenvalue weighted by molar-refractivity contribution is -0.108. The number of ether oxygens (including phenoxy) is 2. The van der Waals surface area contributed by atoms with Crippen molar-refractivity contribution < 1.29 is 24.2 Å². The van der Waals surface area contributed by atoms with Gasteiger partial charge in [0.15, 0.2) is 0 Å². The van der Waals surface area contributed by atoms with Gasteiger partial charge in [-0.3, -0.25) is 10.2 Å². The molecule has 0 heterocycles. The Labute approximate surface area is 172 Å². The van der Waals surface area contributed by atoms with Gasteiger partial charge in [-0.15, -0.1) is 0 Å². The molecule has 0 amide bonds. The Morgan fingerprint density at radius 3 is 2.38 bits per heavy atom. The lowest BCUT2D eigenvalue weighted by atomic mass is 10.0. The summed E-state index contributed by atoms with van der Waals surface area (Å²) >= 11 is 6.15. The van der Waals surface area contributed by atoms with E-state index in [1.807, 2.05) is 0 Å². The summed E-state index contributed by atoms with van der Waals surface area (Å²) in [6.45, 7) is 0.634. The second-order valence-corrected chi connectivity index (χ2v) is 6.34. The molecule has 0 saturated carbocycles. The van der Waals surface area contributed by atoms with E-state index in [2.05, 4.69) is 0 Å². The van der Waals surface area contributed by atoms with Crippen LogP contribution in [0.4, 0.5) is 5.69 Å². The van der Waals surface area contributed by atoms with Crippen molar-refractivity contribution in [1.82, 2.24) is 0 Å². The fourth-order valence-electron chi connectivity index (χ4n) is 2.37. The SMILES string of the molecule is COCCOc1cc(N)c(C(=N)C(=O)C=C(N)c2ccc(C(=O)O)cc2)cc1Cl. The van der Waals surface area contributed by atoms with E-state index < -0.39 is 17.5 Å². The zero-order valence-corrected chi connectivity index (χ0v) is 16.3. The molecular weight excluding hydrogens is 398 g/mol. The van der Waals surface area contributed by atoms with Gasteiger partial charge in [-0.2, -0.15) is 0 Å². The molecule has 152 valence electrons. The largest absolute Gasteiger partial charge is 0.490 e. The van der Waals surface area contributed by atoms with E-state index in [0.717, 1.165) is 6.08 Å². The molecule has 2 rings (SSSR count). The number of aromatic carboxylic acids is 1. The number of hydrogen-bond donors (Lipinski definition) is 4. The maximum absolute atomic E-state index is 12.4. The van der Waals surface area contributed by atoms with E-state index in [4.69, 9.17) is 43.1 Å². The predicted octanol–water partition coefficient (Wildman–Crippen LogP) is 2.58. The number of carboxylic acids is 1. The maximum atomic E-state index is 12.4. The zero-order chi connectivity index (χ0) is 21.6. The highest BCUT2D eigenvalue weighted by molar-refractivity contribution is 6.50. The number of benzene rings is 2. The second kappa shape index (κ2) is 9.72. The van der Waals surface area contributed by atoms with Crippen LogP contribution in [0.3, 0.4) is 0 Å². The number of ketones is 1. The van der Waals surface area contributed by atoms with Gasteiger partial charge in [0, 0.05) is 36.2 Å². The molecule has 0 unspecified atom stereocenters. The van der Waals surface area contributed by atoms with Crippen LogP contribution in [0.5, 0.6) is 5.75 Å². The van der Waals surface area contributed by atoms with Crippen LogP contribution in [-0.4, -0.2) is 42.9 Å². The molecule has 0 saturated heterocycles. The van der Waals surface area contributed by atoms with Crippen molar-refractivity contribution in [2.24, 2.45) is 5.73 Å². The number of carbonyl (C=O) groups excluding carboxylic acids is 1. The molecule has 0 aliphatic carbocycles. The highest BCUT2D eigenvalue weighted by atomic mass is 35.5. The monoisotopic (exact) mass is 417 g/mol. The number of halogens is 1. The number of hydrogen-bond acceptors (Lipinski definition) is 7. The number of allylic oxidation sites excluding steroid dienone is 1. The Morgan fingerprint density at radius 1 is 1.17 bits per heavy atom. The van der Waals surface area contributed by atoms with E-state index >= 15 is 0 Å². The molecular formula is C20H20ClN3O5. The lowest BCUT2D eigenvalue weighted by Crippen LogP contribution is -2.16. The molecule has 0 fully saturated rings. The zero-order valence-electron chi connectivity index (χ0n) is 15.6. The third-order valence-electron chi connectivity index (χ3n) is 3.92. The molecule has 0 bridgehead atoms. The Morgan fingerprint density at radius 2 is 1.79 bits per heavy atom. The van der Waals surface area contributed by atoms with Crippen LogP contribution in [0.25, 0.3) is 5.70 Å². The van der Waals surface area contributed by atoms with Crippen molar-refractivity contribution in [3.05, 3.63) is 64.2 Å². The molecule has 0 spiro atoms. The number of nitrogens with two attached hydrogens (primary N) is 2. The van der Waals surface area contributed by atoms with Gasteiger partial charge in [0.2, 0.25) is 5.78 Å². The molecule has 29 heavy (non-hydrogen) atoms. The fraction of sp³-hybridized carbons (Fsp3) is 0.150. The van der Waals surface area contributed by atoms with Crippen LogP contribution in [0.15, 0.2) is 42.5 Å². The van der Waals surface area contributed by atoms with E-state index in [1.165, 1.54) is 43.5 Å². The van der Waals surface area contributed by atoms with Gasteiger partial charge in [0.1, 0.15) is 18.1 Å². The normalized spacial score (nSPS) is 11.2. The van der Waals surface area contributed by atoms with Crippen LogP contribution in [0.1, 0.15) is 21.5 Å². The van der Waals surface area contributed by atoms with Gasteiger partial charge in [-0.05, 0) is 23.8 Å². The highest BCUT2D eigenvalue weighted by Crippen LogP contribution is 2.30. The molecule has 0 atom stereocenters. The second-order valence-electron chi connectivity index (χ2n) is 5.93. The topological polar surface area (TPSA) is 149 Å². The fourth-order valence-corrected chi connectivity index (χ4v) is 2.58. The highest BCUT2D eigenvalue weighted by Gasteiger charge is 2.17. The average Bonchev–Trinajstić information content (AvgIpc) is 2.69. The first-order valence-electron chi connectivity index (χ1n) is 8.39. The van der Waals surface area contributed by atoms with Crippen molar-refractivity contribution >= 4 is 40.4 Å². The van der Waals surface area contributed by atoms with Crippen molar-refractivity contribution in [3.63, 3.8) is 0 Å². The number of anilines is 1. The number of methoxy groups -OCH3 is 1. The smallest absolute Gasteiger partial charge is 0.335 e. The first kappa shape index (κ1) is 21.9. The van der Waals surface area contributed by atoms with Gasteiger partial charge >= 0.3 is 5.97 Å². The minimum Gasteiger partial charge on any atom is -0.490 e. The van der Waals surface area contributed by atoms with Crippen molar-refractivity contribution in [2.45, 2.75) is 0 Å². The summed E-state index contributed by atoms with van der Waals surface area (Å²) in [5.74, 6) is -1.43. The molecule has 2 aromatic carbocycles. The van der Waals surface area contributed by atoms with Crippen LogP contribution in [0.2, 0.25) is 5.02 Å². The summed E-state index contributed by atoms with van der Waals surface area (Å²) in [7, 11) is 1.54. The number of nitrogens with one attached hydrogen (secondary N) is 1. The summed E-state index contributed by atoms with van der Waals surface area (Å²) in [5.41, 5.74) is 12.4. The van der Waals surface area contributed by atoms with E-state index in [9.17, 15) is 9.59 Å². The average molecular weight is 418 g/mol. The molecule has 8 nitrogen and oxygen atoms in total. The van der Waals surface area contributed by atoms with Gasteiger partial charge < -0.3 is 26.0 Å². The number of nitrogen functional groups attached to an aromatic ring is 1. The summed E-state index contributed by atoms with van der Waals surface area (Å²) < 4.78 is 10.3. The molecule has 0 radical (unpaired) electrons. The van der Waals surface area contributed by atoms with Crippen molar-refractivity contribution in [2.75, 3.05) is 26.1 Å². The Balaban J connectivity index is 2.20. The van der Waals surface area contributed by atoms with Crippen LogP contribution in [0, 0.1) is 5.41 Å². The molecule has 0 aliphatic heterocycles. The maximum Gasteiger partial charge on any atom is 0.335 e. The summed E-state index contributed by atoms with van der Waals surface area (Å²) in [6.07, 6.45) is 1.08. The molecule has 2 aromatic rings. The molecule has 9 heteroatoms. The van der Waals surface area contributed by atoms with E-state index in [1.54, 1.807) is 0 Å². The van der Waals surface area contributed by atoms with Crippen LogP contribution >= 0.6 is 11.6 Å². The van der Waals surface area contributed by atoms with E-state index in [-0.39, 0.29) is 34.1 Å². The van der Waals surface area contributed by atoms with Crippen molar-refractivity contribution in [1.29, 1.82) is 5.41 Å². The third kappa shape index (κ3) is 5.56.